The Kier molecular flexibility index (Phi) is 5.46. The molecule has 0 aliphatic heterocycles. The van der Waals surface area contributed by atoms with Gasteiger partial charge in [0.2, 0.25) is 0 Å². The first-order valence-corrected chi connectivity index (χ1v) is 7.22. The molecule has 0 radical (unpaired) electrons. The predicted molar refractivity (Wildman–Crippen MR) is 88.0 cm³/mol. The van der Waals surface area contributed by atoms with Crippen LogP contribution in [0, 0.1) is 5.82 Å². The molecule has 2 rings (SSSR count). The van der Waals surface area contributed by atoms with E-state index < -0.39 is 0 Å². The van der Waals surface area contributed by atoms with E-state index in [-0.39, 0.29) is 17.8 Å². The normalized spacial score (nSPS) is 12.2. The molecule has 2 aromatic rings. The van der Waals surface area contributed by atoms with Gasteiger partial charge in [-0.3, -0.25) is 4.79 Å². The number of oxime groups is 1. The van der Waals surface area contributed by atoms with Crippen LogP contribution in [0.4, 0.5) is 4.39 Å². The van der Waals surface area contributed by atoms with Crippen molar-refractivity contribution < 1.29 is 14.0 Å². The average molecular weight is 314 g/mol. The van der Waals surface area contributed by atoms with Crippen LogP contribution in [0.15, 0.2) is 53.7 Å². The van der Waals surface area contributed by atoms with E-state index in [0.29, 0.717) is 5.56 Å². The van der Waals surface area contributed by atoms with Gasteiger partial charge in [-0.2, -0.15) is 0 Å². The number of hydrogen-bond donors (Lipinski definition) is 0. The van der Waals surface area contributed by atoms with Crippen molar-refractivity contribution in [3.63, 3.8) is 0 Å². The lowest BCUT2D eigenvalue weighted by molar-refractivity contribution is 0.0742. The van der Waals surface area contributed by atoms with Gasteiger partial charge in [0.15, 0.2) is 0 Å². The third-order valence-electron chi connectivity index (χ3n) is 3.72. The monoisotopic (exact) mass is 314 g/mol. The zero-order chi connectivity index (χ0) is 16.8. The predicted octanol–water partition coefficient (Wildman–Crippen LogP) is 3.64. The Hall–Kier alpha value is -2.69. The Balaban J connectivity index is 2.12. The summed E-state index contributed by atoms with van der Waals surface area (Å²) in [6.07, 6.45) is 1.57. The number of benzene rings is 2. The molecule has 0 spiro atoms. The van der Waals surface area contributed by atoms with Crippen LogP contribution in [-0.2, 0) is 4.84 Å². The van der Waals surface area contributed by atoms with E-state index in [2.05, 4.69) is 9.99 Å². The molecule has 5 heteroatoms. The summed E-state index contributed by atoms with van der Waals surface area (Å²) in [6, 6.07) is 13.1. The molecule has 0 aromatic heterocycles. The highest BCUT2D eigenvalue weighted by molar-refractivity contribution is 5.95. The second-order valence-corrected chi connectivity index (χ2v) is 5.18. The van der Waals surface area contributed by atoms with E-state index in [1.807, 2.05) is 6.92 Å². The zero-order valence-corrected chi connectivity index (χ0v) is 13.4. The molecule has 1 unspecified atom stereocenters. The molecule has 0 N–H and O–H groups in total. The quantitative estimate of drug-likeness (QED) is 0.624. The van der Waals surface area contributed by atoms with Crippen molar-refractivity contribution in [3.8, 4) is 0 Å². The molecular weight excluding hydrogens is 295 g/mol. The molecule has 0 heterocycles. The summed E-state index contributed by atoms with van der Waals surface area (Å²) in [6.45, 7) is 1.91. The number of rotatable bonds is 5. The van der Waals surface area contributed by atoms with Gasteiger partial charge in [-0.1, -0.05) is 29.4 Å². The molecule has 1 atom stereocenters. The lowest BCUT2D eigenvalue weighted by Gasteiger charge is -2.25. The smallest absolute Gasteiger partial charge is 0.254 e. The van der Waals surface area contributed by atoms with E-state index in [9.17, 15) is 9.18 Å². The number of halogens is 1. The minimum Gasteiger partial charge on any atom is -0.399 e. The van der Waals surface area contributed by atoms with Gasteiger partial charge in [-0.25, -0.2) is 4.39 Å². The van der Waals surface area contributed by atoms with Crippen molar-refractivity contribution in [3.05, 3.63) is 71.0 Å². The van der Waals surface area contributed by atoms with Gasteiger partial charge in [0, 0.05) is 12.6 Å². The third-order valence-corrected chi connectivity index (χ3v) is 3.72. The molecule has 4 nitrogen and oxygen atoms in total. The molecule has 120 valence electrons. The summed E-state index contributed by atoms with van der Waals surface area (Å²) in [5.41, 5.74) is 2.31. The fraction of sp³-hybridized carbons (Fsp3) is 0.222. The SMILES string of the molecule is CO/N=C/c1ccc(C(=O)N(C)C(C)c2ccc(F)cc2)cc1. The van der Waals surface area contributed by atoms with Crippen molar-refractivity contribution >= 4 is 12.1 Å². The minimum absolute atomic E-state index is 0.0999. The summed E-state index contributed by atoms with van der Waals surface area (Å²) >= 11 is 0. The van der Waals surface area contributed by atoms with Crippen LogP contribution in [-0.4, -0.2) is 31.2 Å². The molecule has 23 heavy (non-hydrogen) atoms. The van der Waals surface area contributed by atoms with Crippen LogP contribution in [0.3, 0.4) is 0 Å². The van der Waals surface area contributed by atoms with E-state index in [4.69, 9.17) is 0 Å². The summed E-state index contributed by atoms with van der Waals surface area (Å²) in [4.78, 5) is 18.8. The lowest BCUT2D eigenvalue weighted by Crippen LogP contribution is -2.29. The Morgan fingerprint density at radius 3 is 2.35 bits per heavy atom. The highest BCUT2D eigenvalue weighted by Gasteiger charge is 2.18. The largest absolute Gasteiger partial charge is 0.399 e. The highest BCUT2D eigenvalue weighted by Crippen LogP contribution is 2.21. The van der Waals surface area contributed by atoms with Crippen molar-refractivity contribution in [2.45, 2.75) is 13.0 Å². The molecule has 2 aromatic carbocycles. The van der Waals surface area contributed by atoms with Gasteiger partial charge >= 0.3 is 0 Å². The van der Waals surface area contributed by atoms with Crippen molar-refractivity contribution in [2.75, 3.05) is 14.2 Å². The lowest BCUT2D eigenvalue weighted by atomic mass is 10.1. The first kappa shape index (κ1) is 16.7. The third kappa shape index (κ3) is 4.16. The second-order valence-electron chi connectivity index (χ2n) is 5.18. The molecule has 0 aliphatic rings. The fourth-order valence-electron chi connectivity index (χ4n) is 2.17. The summed E-state index contributed by atoms with van der Waals surface area (Å²) < 4.78 is 13.0. The maximum atomic E-state index is 13.0. The van der Waals surface area contributed by atoms with Crippen LogP contribution in [0.25, 0.3) is 0 Å². The van der Waals surface area contributed by atoms with Gasteiger partial charge in [0.1, 0.15) is 12.9 Å². The summed E-state index contributed by atoms with van der Waals surface area (Å²) in [7, 11) is 3.21. The van der Waals surface area contributed by atoms with Crippen LogP contribution in [0.5, 0.6) is 0 Å². The Labute approximate surface area is 135 Å². The molecule has 0 saturated carbocycles. The van der Waals surface area contributed by atoms with E-state index in [1.165, 1.54) is 19.2 Å². The topological polar surface area (TPSA) is 41.9 Å². The van der Waals surface area contributed by atoms with Crippen LogP contribution in [0.1, 0.15) is 34.5 Å². The van der Waals surface area contributed by atoms with Gasteiger partial charge < -0.3 is 9.74 Å². The van der Waals surface area contributed by atoms with E-state index >= 15 is 0 Å². The summed E-state index contributed by atoms with van der Waals surface area (Å²) in [5.74, 6) is -0.389. The maximum Gasteiger partial charge on any atom is 0.254 e. The van der Waals surface area contributed by atoms with Gasteiger partial charge in [0.05, 0.1) is 12.3 Å². The van der Waals surface area contributed by atoms with Gasteiger partial charge in [-0.15, -0.1) is 0 Å². The maximum absolute atomic E-state index is 13.0. The number of carbonyl (C=O) groups is 1. The first-order valence-electron chi connectivity index (χ1n) is 7.22. The fourth-order valence-corrected chi connectivity index (χ4v) is 2.17. The van der Waals surface area contributed by atoms with Gasteiger partial charge in [-0.05, 0) is 42.3 Å². The van der Waals surface area contributed by atoms with E-state index in [0.717, 1.165) is 11.1 Å². The van der Waals surface area contributed by atoms with Crippen LogP contribution >= 0.6 is 0 Å². The number of hydrogen-bond acceptors (Lipinski definition) is 3. The Morgan fingerprint density at radius 1 is 1.17 bits per heavy atom. The molecule has 0 bridgehead atoms. The van der Waals surface area contributed by atoms with Crippen molar-refractivity contribution in [1.82, 2.24) is 4.90 Å². The molecule has 1 amide bonds. The second kappa shape index (κ2) is 7.54. The zero-order valence-electron chi connectivity index (χ0n) is 13.4. The van der Waals surface area contributed by atoms with E-state index in [1.54, 1.807) is 54.6 Å². The van der Waals surface area contributed by atoms with Crippen LogP contribution in [0.2, 0.25) is 0 Å². The van der Waals surface area contributed by atoms with Crippen molar-refractivity contribution in [2.24, 2.45) is 5.16 Å². The minimum atomic E-state index is -0.289. The molecule has 0 aliphatic carbocycles. The standard InChI is InChI=1S/C18H19FN2O2/c1-13(15-8-10-17(19)11-9-15)21(2)18(22)16-6-4-14(5-7-16)12-20-23-3/h4-13H,1-3H3/b20-12+. The summed E-state index contributed by atoms with van der Waals surface area (Å²) in [5, 5.41) is 3.68. The number of carbonyl (C=O) groups excluding carboxylic acids is 1. The Bertz CT molecular complexity index is 681. The molecule has 0 fully saturated rings. The molecule has 0 saturated heterocycles. The highest BCUT2D eigenvalue weighted by atomic mass is 19.1. The Morgan fingerprint density at radius 2 is 1.78 bits per heavy atom. The van der Waals surface area contributed by atoms with Crippen molar-refractivity contribution in [1.29, 1.82) is 0 Å². The first-order chi connectivity index (χ1) is 11.0. The number of amides is 1. The molecular formula is C18H19FN2O2. The van der Waals surface area contributed by atoms with Gasteiger partial charge in [0.25, 0.3) is 5.91 Å². The van der Waals surface area contributed by atoms with Crippen LogP contribution < -0.4 is 0 Å². The average Bonchev–Trinajstić information content (AvgIpc) is 2.59. The number of nitrogens with zero attached hydrogens (tertiary/aromatic N) is 2.